The summed E-state index contributed by atoms with van der Waals surface area (Å²) in [5.74, 6) is 1.76. The summed E-state index contributed by atoms with van der Waals surface area (Å²) in [6.45, 7) is 0. The predicted octanol–water partition coefficient (Wildman–Crippen LogP) is 3.16. The Hall–Kier alpha value is -4.45. The van der Waals surface area contributed by atoms with Crippen molar-refractivity contribution in [2.24, 2.45) is 12.8 Å². The van der Waals surface area contributed by atoms with Gasteiger partial charge >= 0.3 is 0 Å². The summed E-state index contributed by atoms with van der Waals surface area (Å²) in [7, 11) is 1.78. The number of imidazole rings is 1. The maximum atomic E-state index is 9.96. The zero-order valence-electron chi connectivity index (χ0n) is 17.9. The van der Waals surface area contributed by atoms with E-state index in [1.54, 1.807) is 30.3 Å². The minimum atomic E-state index is -0.441. The Morgan fingerprint density at radius 3 is 2.64 bits per heavy atom. The Morgan fingerprint density at radius 1 is 1.12 bits per heavy atom. The maximum absolute atomic E-state index is 9.96. The third-order valence-corrected chi connectivity index (χ3v) is 6.12. The van der Waals surface area contributed by atoms with Gasteiger partial charge in [-0.1, -0.05) is 12.1 Å². The van der Waals surface area contributed by atoms with Gasteiger partial charge in [-0.2, -0.15) is 10.4 Å². The van der Waals surface area contributed by atoms with E-state index in [-0.39, 0.29) is 5.88 Å². The lowest BCUT2D eigenvalue weighted by Crippen LogP contribution is -2.22. The van der Waals surface area contributed by atoms with Crippen LogP contribution in [0.2, 0.25) is 0 Å². The van der Waals surface area contributed by atoms with Gasteiger partial charge in [0.25, 0.3) is 0 Å². The molecule has 3 aromatic heterocycles. The van der Waals surface area contributed by atoms with Gasteiger partial charge in [0, 0.05) is 43.4 Å². The molecule has 0 bridgehead atoms. The number of benzene rings is 1. The summed E-state index contributed by atoms with van der Waals surface area (Å²) >= 11 is 0. The molecule has 0 radical (unpaired) electrons. The highest BCUT2D eigenvalue weighted by Gasteiger charge is 2.37. The van der Waals surface area contributed by atoms with Crippen LogP contribution in [0.25, 0.3) is 17.1 Å². The van der Waals surface area contributed by atoms with Crippen LogP contribution < -0.4 is 10.5 Å². The first-order valence-corrected chi connectivity index (χ1v) is 10.7. The van der Waals surface area contributed by atoms with Crippen molar-refractivity contribution >= 4 is 0 Å². The van der Waals surface area contributed by atoms with Crippen LogP contribution >= 0.6 is 0 Å². The first-order chi connectivity index (χ1) is 16.2. The molecule has 2 N–H and O–H groups in total. The molecule has 0 amide bonds. The Bertz CT molecular complexity index is 1420. The summed E-state index contributed by atoms with van der Waals surface area (Å²) in [4.78, 5) is 13.1. The Morgan fingerprint density at radius 2 is 1.94 bits per heavy atom. The Kier molecular flexibility index (Phi) is 4.26. The van der Waals surface area contributed by atoms with Crippen molar-refractivity contribution in [3.8, 4) is 29.0 Å². The van der Waals surface area contributed by atoms with Gasteiger partial charge in [0.2, 0.25) is 11.8 Å². The number of aryl methyl sites for hydroxylation is 1. The Labute approximate surface area is 189 Å². The highest BCUT2D eigenvalue weighted by Crippen LogP contribution is 2.46. The number of nitrogens with two attached hydrogens (primary N) is 1. The lowest BCUT2D eigenvalue weighted by Gasteiger charge is -2.25. The highest BCUT2D eigenvalue weighted by atomic mass is 16.5. The lowest BCUT2D eigenvalue weighted by atomic mass is 9.83. The second-order valence-corrected chi connectivity index (χ2v) is 8.23. The monoisotopic (exact) mass is 436 g/mol. The van der Waals surface area contributed by atoms with Crippen molar-refractivity contribution in [1.82, 2.24) is 29.3 Å². The molecular formula is C24H20N8O. The van der Waals surface area contributed by atoms with Gasteiger partial charge in [-0.3, -0.25) is 9.97 Å². The van der Waals surface area contributed by atoms with Gasteiger partial charge < -0.3 is 15.0 Å². The van der Waals surface area contributed by atoms with Crippen molar-refractivity contribution in [3.05, 3.63) is 83.7 Å². The molecule has 6 rings (SSSR count). The van der Waals surface area contributed by atoms with E-state index in [1.807, 2.05) is 36.7 Å². The summed E-state index contributed by atoms with van der Waals surface area (Å²) in [6.07, 6.45) is 11.1. The van der Waals surface area contributed by atoms with Crippen LogP contribution in [0.15, 0.2) is 66.7 Å². The third kappa shape index (κ3) is 3.07. The molecule has 0 saturated heterocycles. The fourth-order valence-electron chi connectivity index (χ4n) is 4.42. The number of aromatic nitrogens is 6. The van der Waals surface area contributed by atoms with E-state index in [1.165, 1.54) is 12.8 Å². The molecule has 33 heavy (non-hydrogen) atoms. The number of hydrogen-bond acceptors (Lipinski definition) is 7. The quantitative estimate of drug-likeness (QED) is 0.522. The standard InChI is InChI=1S/C24H20N8O/c1-31-24-20(21(30-31)18-13-27-8-9-28-18)19(17(12-25)22(26)33-24)14-4-6-16(7-5-14)32-11-10-29-23(32)15-2-3-15/h4-11,13,15,19H,2-3,26H2,1H3. The van der Waals surface area contributed by atoms with Crippen LogP contribution in [-0.4, -0.2) is 29.3 Å². The molecule has 1 saturated carbocycles. The molecule has 2 aliphatic rings. The molecule has 162 valence electrons. The average molecular weight is 436 g/mol. The second-order valence-electron chi connectivity index (χ2n) is 8.23. The van der Waals surface area contributed by atoms with Crippen molar-refractivity contribution in [2.75, 3.05) is 0 Å². The molecule has 1 aliphatic carbocycles. The fraction of sp³-hybridized carbons (Fsp3) is 0.208. The number of allylic oxidation sites excluding steroid dienone is 1. The lowest BCUT2D eigenvalue weighted by molar-refractivity contribution is 0.358. The van der Waals surface area contributed by atoms with Crippen molar-refractivity contribution in [1.29, 1.82) is 5.26 Å². The topological polar surface area (TPSA) is 120 Å². The maximum Gasteiger partial charge on any atom is 0.224 e. The average Bonchev–Trinajstić information content (AvgIpc) is 3.49. The second kappa shape index (κ2) is 7.31. The molecule has 0 spiro atoms. The van der Waals surface area contributed by atoms with Crippen molar-refractivity contribution in [2.45, 2.75) is 24.7 Å². The smallest absolute Gasteiger partial charge is 0.224 e. The number of fused-ring (bicyclic) bond motifs is 1. The molecule has 9 heteroatoms. The van der Waals surface area contributed by atoms with Gasteiger partial charge in [-0.25, -0.2) is 9.67 Å². The summed E-state index contributed by atoms with van der Waals surface area (Å²) in [6, 6.07) is 10.4. The van der Waals surface area contributed by atoms with Crippen LogP contribution in [0.5, 0.6) is 5.88 Å². The zero-order chi connectivity index (χ0) is 22.5. The van der Waals surface area contributed by atoms with Gasteiger partial charge in [0.05, 0.1) is 17.7 Å². The minimum Gasteiger partial charge on any atom is -0.422 e. The number of nitriles is 1. The SMILES string of the molecule is Cn1nc(-c2cnccn2)c2c1OC(N)=C(C#N)C2c1ccc(-n2ccnc2C2CC2)cc1. The number of ether oxygens (including phenoxy) is 1. The predicted molar refractivity (Wildman–Crippen MR) is 119 cm³/mol. The van der Waals surface area contributed by atoms with E-state index in [9.17, 15) is 5.26 Å². The van der Waals surface area contributed by atoms with E-state index >= 15 is 0 Å². The number of nitrogens with zero attached hydrogens (tertiary/aromatic N) is 7. The highest BCUT2D eigenvalue weighted by molar-refractivity contribution is 5.68. The fourth-order valence-corrected chi connectivity index (χ4v) is 4.42. The van der Waals surface area contributed by atoms with Crippen LogP contribution in [0.1, 0.15) is 41.6 Å². The molecule has 1 fully saturated rings. The summed E-state index contributed by atoms with van der Waals surface area (Å²) in [5.41, 5.74) is 10.4. The largest absolute Gasteiger partial charge is 0.422 e. The van der Waals surface area contributed by atoms with Crippen LogP contribution in [0.3, 0.4) is 0 Å². The van der Waals surface area contributed by atoms with Crippen molar-refractivity contribution < 1.29 is 4.74 Å². The van der Waals surface area contributed by atoms with Crippen LogP contribution in [0.4, 0.5) is 0 Å². The number of hydrogen-bond donors (Lipinski definition) is 1. The molecule has 1 aromatic carbocycles. The zero-order valence-corrected chi connectivity index (χ0v) is 17.9. The van der Waals surface area contributed by atoms with Crippen LogP contribution in [0, 0.1) is 11.3 Å². The summed E-state index contributed by atoms with van der Waals surface area (Å²) < 4.78 is 9.57. The van der Waals surface area contributed by atoms with Gasteiger partial charge in [-0.05, 0) is 30.5 Å². The van der Waals surface area contributed by atoms with Gasteiger partial charge in [-0.15, -0.1) is 0 Å². The van der Waals surface area contributed by atoms with Crippen molar-refractivity contribution in [3.63, 3.8) is 0 Å². The Balaban J connectivity index is 1.48. The van der Waals surface area contributed by atoms with Gasteiger partial charge in [0.1, 0.15) is 28.9 Å². The molecule has 4 heterocycles. The normalized spacial score (nSPS) is 17.4. The number of rotatable bonds is 4. The minimum absolute atomic E-state index is 0.0819. The molecule has 4 aromatic rings. The molecule has 9 nitrogen and oxygen atoms in total. The van der Waals surface area contributed by atoms with Gasteiger partial charge in [0.15, 0.2) is 0 Å². The molecule has 1 aliphatic heterocycles. The molecule has 1 atom stereocenters. The third-order valence-electron chi connectivity index (χ3n) is 6.12. The molecular weight excluding hydrogens is 416 g/mol. The van der Waals surface area contributed by atoms with E-state index in [0.29, 0.717) is 28.8 Å². The van der Waals surface area contributed by atoms with E-state index in [0.717, 1.165) is 22.6 Å². The first kappa shape index (κ1) is 19.3. The van der Waals surface area contributed by atoms with E-state index in [4.69, 9.17) is 10.5 Å². The van der Waals surface area contributed by atoms with Crippen LogP contribution in [-0.2, 0) is 7.05 Å². The summed E-state index contributed by atoms with van der Waals surface area (Å²) in [5, 5.41) is 14.6. The molecule has 1 unspecified atom stereocenters. The van der Waals surface area contributed by atoms with E-state index < -0.39 is 5.92 Å². The first-order valence-electron chi connectivity index (χ1n) is 10.7. The van der Waals surface area contributed by atoms with E-state index in [2.05, 4.69) is 30.7 Å².